The Kier molecular flexibility index (Phi) is 32.2. The van der Waals surface area contributed by atoms with Crippen LogP contribution in [0.2, 0.25) is 0 Å². The summed E-state index contributed by atoms with van der Waals surface area (Å²) in [6.07, 6.45) is 57.8. The van der Waals surface area contributed by atoms with E-state index >= 15 is 0 Å². The summed E-state index contributed by atoms with van der Waals surface area (Å²) in [5.74, 6) is 1.94. The quantitative estimate of drug-likeness (QED) is 0.0633. The molecular weight excluding hydrogens is 542 g/mol. The molecule has 0 saturated carbocycles. The number of allylic oxidation sites excluding steroid dienone is 18. The van der Waals surface area contributed by atoms with Crippen molar-refractivity contribution >= 4 is 0 Å². The van der Waals surface area contributed by atoms with Gasteiger partial charge in [0.05, 0.1) is 0 Å². The molecule has 0 rings (SSSR count). The Balaban J connectivity index is 4.15. The van der Waals surface area contributed by atoms with Crippen molar-refractivity contribution in [1.29, 1.82) is 0 Å². The molecule has 0 aliphatic carbocycles. The molecule has 0 aromatic heterocycles. The van der Waals surface area contributed by atoms with Crippen molar-refractivity contribution in [3.05, 3.63) is 122 Å². The normalized spacial score (nSPS) is 15.0. The predicted molar refractivity (Wildman–Crippen MR) is 207 cm³/mol. The zero-order chi connectivity index (χ0) is 33.1. The first-order valence-corrected chi connectivity index (χ1v) is 18.3. The van der Waals surface area contributed by atoms with Gasteiger partial charge in [-0.25, -0.2) is 0 Å². The Hall–Kier alpha value is -2.64. The number of unbranched alkanes of at least 4 members (excludes halogenated alkanes) is 1. The highest BCUT2D eigenvalue weighted by Crippen LogP contribution is 2.20. The van der Waals surface area contributed by atoms with Gasteiger partial charge < -0.3 is 5.73 Å². The van der Waals surface area contributed by atoms with Gasteiger partial charge in [0.1, 0.15) is 0 Å². The molecule has 1 heteroatoms. The van der Waals surface area contributed by atoms with Gasteiger partial charge in [-0.3, -0.25) is 0 Å². The molecule has 0 spiro atoms. The third kappa shape index (κ3) is 29.8. The van der Waals surface area contributed by atoms with Crippen LogP contribution in [0.5, 0.6) is 0 Å². The lowest BCUT2D eigenvalue weighted by atomic mass is 9.94. The van der Waals surface area contributed by atoms with E-state index in [0.29, 0.717) is 11.8 Å². The standard InChI is InChI=1S/C44H71N/c1-6-9-11-13-15-16-23-28-35-43(32-8-3)36-29-24-18-17-20-26-33-41(4)42(5)34-27-21-19-25-31-38-44(39-40-45)37-30-22-14-12-10-7-2/h6,10,12-13,15,17,20-25,27-31,42-44H,1,4,7-9,11,14,16,18-19,26,32-40,45H2,2-3,5H3/b12-10+,15-13+,20-17+,27-21+,28-23+,29-24+,30-22+,31-25+. The van der Waals surface area contributed by atoms with E-state index in [1.807, 2.05) is 6.08 Å². The second-order valence-electron chi connectivity index (χ2n) is 12.4. The van der Waals surface area contributed by atoms with Crippen molar-refractivity contribution in [2.24, 2.45) is 23.5 Å². The first-order chi connectivity index (χ1) is 22.1. The van der Waals surface area contributed by atoms with Crippen LogP contribution in [-0.2, 0) is 0 Å². The van der Waals surface area contributed by atoms with Gasteiger partial charge in [0.2, 0.25) is 0 Å². The highest BCUT2D eigenvalue weighted by molar-refractivity contribution is 5.05. The average molecular weight is 614 g/mol. The van der Waals surface area contributed by atoms with Gasteiger partial charge in [-0.1, -0.05) is 149 Å². The second kappa shape index (κ2) is 34.2. The molecule has 0 bridgehead atoms. The third-order valence-electron chi connectivity index (χ3n) is 8.16. The van der Waals surface area contributed by atoms with Crippen LogP contribution >= 0.6 is 0 Å². The van der Waals surface area contributed by atoms with Gasteiger partial charge >= 0.3 is 0 Å². The summed E-state index contributed by atoms with van der Waals surface area (Å²) in [4.78, 5) is 0. The van der Waals surface area contributed by atoms with E-state index in [2.05, 4.69) is 131 Å². The molecule has 3 atom stereocenters. The van der Waals surface area contributed by atoms with Gasteiger partial charge in [0.15, 0.2) is 0 Å². The molecule has 0 radical (unpaired) electrons. The smallest absolute Gasteiger partial charge is 0.00744 e. The Morgan fingerprint density at radius 2 is 1.00 bits per heavy atom. The second-order valence-corrected chi connectivity index (χ2v) is 12.4. The summed E-state index contributed by atoms with van der Waals surface area (Å²) in [6.45, 7) is 15.7. The van der Waals surface area contributed by atoms with Crippen LogP contribution in [0.1, 0.15) is 130 Å². The van der Waals surface area contributed by atoms with Crippen LogP contribution in [0.25, 0.3) is 0 Å². The molecule has 0 aromatic rings. The fraction of sp³-hybridized carbons (Fsp3) is 0.545. The Morgan fingerprint density at radius 1 is 0.556 bits per heavy atom. The minimum absolute atomic E-state index is 0.532. The third-order valence-corrected chi connectivity index (χ3v) is 8.16. The van der Waals surface area contributed by atoms with Crippen molar-refractivity contribution in [3.63, 3.8) is 0 Å². The van der Waals surface area contributed by atoms with E-state index in [0.717, 1.165) is 95.9 Å². The summed E-state index contributed by atoms with van der Waals surface area (Å²) >= 11 is 0. The van der Waals surface area contributed by atoms with Gasteiger partial charge in [0.25, 0.3) is 0 Å². The number of nitrogens with two attached hydrogens (primary N) is 1. The summed E-state index contributed by atoms with van der Waals surface area (Å²) in [5.41, 5.74) is 7.21. The van der Waals surface area contributed by atoms with Gasteiger partial charge in [0, 0.05) is 0 Å². The van der Waals surface area contributed by atoms with Crippen LogP contribution in [0, 0.1) is 17.8 Å². The molecule has 252 valence electrons. The summed E-state index contributed by atoms with van der Waals surface area (Å²) in [6, 6.07) is 0. The van der Waals surface area contributed by atoms with E-state index in [4.69, 9.17) is 5.73 Å². The van der Waals surface area contributed by atoms with Gasteiger partial charge in [-0.15, -0.1) is 6.58 Å². The minimum Gasteiger partial charge on any atom is -0.330 e. The first-order valence-electron chi connectivity index (χ1n) is 18.3. The van der Waals surface area contributed by atoms with Crippen LogP contribution < -0.4 is 5.73 Å². The van der Waals surface area contributed by atoms with Crippen molar-refractivity contribution in [2.45, 2.75) is 130 Å². The van der Waals surface area contributed by atoms with Gasteiger partial charge in [-0.2, -0.15) is 0 Å². The number of hydrogen-bond donors (Lipinski definition) is 1. The fourth-order valence-corrected chi connectivity index (χ4v) is 5.15. The fourth-order valence-electron chi connectivity index (χ4n) is 5.15. The SMILES string of the molecule is C=CCC/C=C/C/C=C/CC(C/C=C/C/C=C/CCC(=C)C(C)C/C=C/C/C=C/CC(C/C=C/C/C=C/CC)CCN)CCC. The number of hydrogen-bond acceptors (Lipinski definition) is 1. The maximum absolute atomic E-state index is 5.84. The van der Waals surface area contributed by atoms with Crippen molar-refractivity contribution < 1.29 is 0 Å². The lowest BCUT2D eigenvalue weighted by Crippen LogP contribution is -2.07. The van der Waals surface area contributed by atoms with E-state index in [9.17, 15) is 0 Å². The zero-order valence-corrected chi connectivity index (χ0v) is 29.8. The largest absolute Gasteiger partial charge is 0.330 e. The molecule has 0 amide bonds. The lowest BCUT2D eigenvalue weighted by molar-refractivity contribution is 0.490. The molecule has 0 aromatic carbocycles. The maximum atomic E-state index is 5.84. The monoisotopic (exact) mass is 614 g/mol. The van der Waals surface area contributed by atoms with Crippen LogP contribution in [0.3, 0.4) is 0 Å². The first kappa shape index (κ1) is 42.4. The highest BCUT2D eigenvalue weighted by atomic mass is 14.5. The zero-order valence-electron chi connectivity index (χ0n) is 29.8. The van der Waals surface area contributed by atoms with Crippen molar-refractivity contribution in [2.75, 3.05) is 6.54 Å². The van der Waals surface area contributed by atoms with E-state index in [1.165, 1.54) is 31.3 Å². The topological polar surface area (TPSA) is 26.0 Å². The Morgan fingerprint density at radius 3 is 1.47 bits per heavy atom. The molecule has 3 unspecified atom stereocenters. The summed E-state index contributed by atoms with van der Waals surface area (Å²) in [5, 5.41) is 0. The Bertz CT molecular complexity index is 919. The van der Waals surface area contributed by atoms with E-state index in [1.54, 1.807) is 0 Å². The van der Waals surface area contributed by atoms with Gasteiger partial charge in [-0.05, 0) is 121 Å². The molecule has 0 heterocycles. The van der Waals surface area contributed by atoms with E-state index in [-0.39, 0.29) is 0 Å². The number of rotatable bonds is 30. The minimum atomic E-state index is 0.532. The molecule has 2 N–H and O–H groups in total. The highest BCUT2D eigenvalue weighted by Gasteiger charge is 2.05. The van der Waals surface area contributed by atoms with E-state index < -0.39 is 0 Å². The molecule has 0 fully saturated rings. The van der Waals surface area contributed by atoms with Crippen LogP contribution in [0.4, 0.5) is 0 Å². The summed E-state index contributed by atoms with van der Waals surface area (Å²) in [7, 11) is 0. The van der Waals surface area contributed by atoms with Crippen LogP contribution in [-0.4, -0.2) is 6.54 Å². The molecular formula is C44H71N. The maximum Gasteiger partial charge on any atom is -0.00744 e. The van der Waals surface area contributed by atoms with Crippen molar-refractivity contribution in [1.82, 2.24) is 0 Å². The van der Waals surface area contributed by atoms with Crippen molar-refractivity contribution in [3.8, 4) is 0 Å². The predicted octanol–water partition coefficient (Wildman–Crippen LogP) is 13.7. The molecule has 0 saturated heterocycles. The summed E-state index contributed by atoms with van der Waals surface area (Å²) < 4.78 is 0. The Labute approximate surface area is 281 Å². The average Bonchev–Trinajstić information content (AvgIpc) is 3.04. The van der Waals surface area contributed by atoms with Crippen LogP contribution in [0.15, 0.2) is 122 Å². The molecule has 0 aliphatic heterocycles. The molecule has 0 aliphatic rings. The molecule has 1 nitrogen and oxygen atoms in total. The molecule has 45 heavy (non-hydrogen) atoms. The lowest BCUT2D eigenvalue weighted by Gasteiger charge is -2.11.